The molecule has 3 rings (SSSR count). The van der Waals surface area contributed by atoms with Crippen molar-refractivity contribution < 1.29 is 28.2 Å². The van der Waals surface area contributed by atoms with Gasteiger partial charge in [-0.05, 0) is 32.0 Å². The van der Waals surface area contributed by atoms with Gasteiger partial charge in [0, 0.05) is 7.05 Å². The lowest BCUT2D eigenvalue weighted by atomic mass is 9.97. The van der Waals surface area contributed by atoms with Crippen molar-refractivity contribution in [3.63, 3.8) is 0 Å². The molecule has 3 saturated heterocycles. The maximum atomic E-state index is 12.1. The zero-order valence-electron chi connectivity index (χ0n) is 16.5. The van der Waals surface area contributed by atoms with Crippen molar-refractivity contribution >= 4 is 14.4 Å². The number of carbonyl (C=O) groups excluding carboxylic acids is 1. The Bertz CT molecular complexity index is 560. The van der Waals surface area contributed by atoms with Crippen LogP contribution in [0.4, 0.5) is 4.79 Å². The molecule has 0 radical (unpaired) electrons. The van der Waals surface area contributed by atoms with Gasteiger partial charge in [-0.15, -0.1) is 0 Å². The molecule has 3 aliphatic heterocycles. The summed E-state index contributed by atoms with van der Waals surface area (Å²) in [4.78, 5) is 13.6. The van der Waals surface area contributed by atoms with Gasteiger partial charge in [0.15, 0.2) is 14.1 Å². The third kappa shape index (κ3) is 3.23. The fourth-order valence-electron chi connectivity index (χ4n) is 3.33. The summed E-state index contributed by atoms with van der Waals surface area (Å²) < 4.78 is 30.6. The minimum Gasteiger partial charge on any atom is -0.412 e. The third-order valence-electron chi connectivity index (χ3n) is 5.70. The van der Waals surface area contributed by atoms with Crippen LogP contribution >= 0.6 is 0 Å². The second kappa shape index (κ2) is 5.66. The molecule has 0 unspecified atom stereocenters. The topological polar surface area (TPSA) is 66.5 Å². The van der Waals surface area contributed by atoms with Crippen LogP contribution in [-0.2, 0) is 23.4 Å². The Kier molecular flexibility index (Phi) is 4.32. The van der Waals surface area contributed by atoms with Crippen molar-refractivity contribution in [2.75, 3.05) is 20.2 Å². The van der Waals surface area contributed by atoms with Gasteiger partial charge < -0.3 is 28.3 Å². The van der Waals surface area contributed by atoms with Crippen molar-refractivity contribution in [3.05, 3.63) is 0 Å². The Balaban J connectivity index is 1.95. The lowest BCUT2D eigenvalue weighted by Gasteiger charge is -2.48. The first-order chi connectivity index (χ1) is 11.3. The summed E-state index contributed by atoms with van der Waals surface area (Å²) in [6.45, 7) is 15.3. The highest BCUT2D eigenvalue weighted by atomic mass is 28.4. The molecule has 0 bridgehead atoms. The van der Waals surface area contributed by atoms with E-state index in [1.165, 1.54) is 4.90 Å². The highest BCUT2D eigenvalue weighted by Gasteiger charge is 2.64. The van der Waals surface area contributed by atoms with Crippen molar-refractivity contribution in [1.82, 2.24) is 4.90 Å². The molecule has 144 valence electrons. The predicted molar refractivity (Wildman–Crippen MR) is 93.7 cm³/mol. The van der Waals surface area contributed by atoms with E-state index in [1.807, 2.05) is 13.8 Å². The van der Waals surface area contributed by atoms with Crippen LogP contribution in [0, 0.1) is 0 Å². The Morgan fingerprint density at radius 2 is 1.88 bits per heavy atom. The Morgan fingerprint density at radius 3 is 2.40 bits per heavy atom. The van der Waals surface area contributed by atoms with Gasteiger partial charge in [-0.1, -0.05) is 20.8 Å². The molecule has 3 aliphatic rings. The average Bonchev–Trinajstić information content (AvgIpc) is 2.89. The number of ether oxygens (including phenoxy) is 4. The molecule has 0 aliphatic carbocycles. The van der Waals surface area contributed by atoms with Gasteiger partial charge in [-0.2, -0.15) is 0 Å². The second-order valence-electron chi connectivity index (χ2n) is 9.28. The molecule has 1 spiro atoms. The number of hydrogen-bond acceptors (Lipinski definition) is 6. The molecule has 3 heterocycles. The third-order valence-corrected chi connectivity index (χ3v) is 10.2. The molecule has 0 aromatic carbocycles. The summed E-state index contributed by atoms with van der Waals surface area (Å²) >= 11 is 0. The van der Waals surface area contributed by atoms with Crippen LogP contribution in [0.5, 0.6) is 0 Å². The molecular formula is C17H31NO6Si. The molecule has 0 aromatic rings. The van der Waals surface area contributed by atoms with Crippen molar-refractivity contribution in [2.24, 2.45) is 0 Å². The SMILES string of the molecule is CN1C[C@]2(OC[C@H]3OC(C)(C)O[C@H]3[C@@H]2O[Si](C)(C)C(C)(C)C)OC1=O. The van der Waals surface area contributed by atoms with E-state index in [1.54, 1.807) is 7.05 Å². The number of fused-ring (bicyclic) bond motifs is 1. The summed E-state index contributed by atoms with van der Waals surface area (Å²) in [6, 6.07) is 0. The average molecular weight is 374 g/mol. The monoisotopic (exact) mass is 373 g/mol. The maximum Gasteiger partial charge on any atom is 0.412 e. The fraction of sp³-hybridized carbons (Fsp3) is 0.941. The van der Waals surface area contributed by atoms with Crippen LogP contribution in [0.3, 0.4) is 0 Å². The summed E-state index contributed by atoms with van der Waals surface area (Å²) in [5.41, 5.74) is 0. The highest BCUT2D eigenvalue weighted by molar-refractivity contribution is 6.74. The smallest absolute Gasteiger partial charge is 0.412 e. The molecule has 4 atom stereocenters. The van der Waals surface area contributed by atoms with Crippen LogP contribution in [-0.4, -0.2) is 69.4 Å². The first-order valence-electron chi connectivity index (χ1n) is 8.88. The van der Waals surface area contributed by atoms with Crippen molar-refractivity contribution in [2.45, 2.75) is 82.6 Å². The van der Waals surface area contributed by atoms with Crippen LogP contribution in [0.25, 0.3) is 0 Å². The number of carbonyl (C=O) groups is 1. The lowest BCUT2D eigenvalue weighted by molar-refractivity contribution is -0.282. The van der Waals surface area contributed by atoms with E-state index in [2.05, 4.69) is 33.9 Å². The summed E-state index contributed by atoms with van der Waals surface area (Å²) in [7, 11) is -0.461. The van der Waals surface area contributed by atoms with Gasteiger partial charge in [0.1, 0.15) is 18.3 Å². The molecule has 1 amide bonds. The van der Waals surface area contributed by atoms with Crippen LogP contribution in [0.1, 0.15) is 34.6 Å². The maximum absolute atomic E-state index is 12.1. The number of amides is 1. The number of rotatable bonds is 2. The molecule has 8 heteroatoms. The number of likely N-dealkylation sites (N-methyl/N-ethyl adjacent to an activating group) is 1. The zero-order valence-corrected chi connectivity index (χ0v) is 17.5. The van der Waals surface area contributed by atoms with Gasteiger partial charge in [0.05, 0.1) is 13.2 Å². The summed E-state index contributed by atoms with van der Waals surface area (Å²) in [6.07, 6.45) is -1.50. The Labute approximate surface area is 151 Å². The minimum atomic E-state index is -2.16. The predicted octanol–water partition coefficient (Wildman–Crippen LogP) is 2.71. The Hall–Kier alpha value is -0.673. The molecule has 0 saturated carbocycles. The van der Waals surface area contributed by atoms with Crippen LogP contribution in [0.15, 0.2) is 0 Å². The van der Waals surface area contributed by atoms with E-state index < -0.39 is 32.1 Å². The van der Waals surface area contributed by atoms with Gasteiger partial charge in [0.25, 0.3) is 5.79 Å². The molecule has 0 aromatic heterocycles. The van der Waals surface area contributed by atoms with E-state index in [9.17, 15) is 4.79 Å². The summed E-state index contributed by atoms with van der Waals surface area (Å²) in [5, 5.41) is 0.00459. The van der Waals surface area contributed by atoms with Crippen LogP contribution < -0.4 is 0 Å². The first-order valence-corrected chi connectivity index (χ1v) is 11.8. The number of hydrogen-bond donors (Lipinski definition) is 0. The van der Waals surface area contributed by atoms with E-state index in [4.69, 9.17) is 23.4 Å². The highest BCUT2D eigenvalue weighted by Crippen LogP contribution is 2.46. The second-order valence-corrected chi connectivity index (χ2v) is 14.0. The molecular weight excluding hydrogens is 342 g/mol. The van der Waals surface area contributed by atoms with Crippen molar-refractivity contribution in [3.8, 4) is 0 Å². The molecule has 25 heavy (non-hydrogen) atoms. The van der Waals surface area contributed by atoms with Gasteiger partial charge in [-0.3, -0.25) is 0 Å². The van der Waals surface area contributed by atoms with E-state index >= 15 is 0 Å². The minimum absolute atomic E-state index is 0.00459. The molecule has 3 fully saturated rings. The largest absolute Gasteiger partial charge is 0.412 e. The standard InChI is InChI=1S/C17H31NO6Si/c1-15(2,3)25(7,8)24-13-12-11(21-16(4,5)22-12)9-20-17(13)10-18(6)14(19)23-17/h11-13H,9-10H2,1-8H3/t11-,12-,13+,17+/m1/s1. The molecule has 0 N–H and O–H groups in total. The van der Waals surface area contributed by atoms with Crippen LogP contribution in [0.2, 0.25) is 18.1 Å². The first kappa shape index (κ1) is 19.1. The summed E-state index contributed by atoms with van der Waals surface area (Å²) in [5.74, 6) is -1.86. The lowest BCUT2D eigenvalue weighted by Crippen LogP contribution is -2.65. The van der Waals surface area contributed by atoms with Gasteiger partial charge in [0.2, 0.25) is 0 Å². The Morgan fingerprint density at radius 1 is 1.24 bits per heavy atom. The van der Waals surface area contributed by atoms with E-state index in [0.717, 1.165) is 0 Å². The zero-order chi connectivity index (χ0) is 18.8. The van der Waals surface area contributed by atoms with E-state index in [0.29, 0.717) is 13.2 Å². The van der Waals surface area contributed by atoms with Gasteiger partial charge >= 0.3 is 6.09 Å². The fourth-order valence-corrected chi connectivity index (χ4v) is 4.63. The molecule has 7 nitrogen and oxygen atoms in total. The van der Waals surface area contributed by atoms with Gasteiger partial charge in [-0.25, -0.2) is 4.79 Å². The number of nitrogens with zero attached hydrogens (tertiary/aromatic N) is 1. The normalized spacial score (nSPS) is 38.2. The van der Waals surface area contributed by atoms with Crippen molar-refractivity contribution in [1.29, 1.82) is 0 Å². The van der Waals surface area contributed by atoms with E-state index in [-0.39, 0.29) is 17.2 Å². The quantitative estimate of drug-likeness (QED) is 0.694.